The fraction of sp³-hybridized carbons (Fsp3) is 1.00. The molecule has 0 unspecified atom stereocenters. The van der Waals surface area contributed by atoms with Crippen LogP contribution in [0.5, 0.6) is 0 Å². The van der Waals surface area contributed by atoms with E-state index < -0.39 is 0 Å². The molecule has 0 spiro atoms. The Hall–Kier alpha value is 0.920. The van der Waals surface area contributed by atoms with Gasteiger partial charge in [0.25, 0.3) is 0 Å². The number of hydrogen-bond donors (Lipinski definition) is 2. The molecule has 0 aliphatic rings. The standard InChI is InChI=1S/C4H11NO.Na.H/c5-3-1-2-4-6;;/h6H,1-5H2;;. The zero-order valence-electron chi connectivity index (χ0n) is 3.85. The topological polar surface area (TPSA) is 46.2 Å². The summed E-state index contributed by atoms with van der Waals surface area (Å²) in [7, 11) is 0. The van der Waals surface area contributed by atoms with Crippen LogP contribution in [0, 0.1) is 0 Å². The van der Waals surface area contributed by atoms with E-state index in [1.807, 2.05) is 0 Å². The first-order valence-electron chi connectivity index (χ1n) is 2.22. The van der Waals surface area contributed by atoms with Gasteiger partial charge >= 0.3 is 29.6 Å². The quantitative estimate of drug-likeness (QED) is 0.367. The molecule has 0 radical (unpaired) electrons. The molecule has 0 fully saturated rings. The van der Waals surface area contributed by atoms with Gasteiger partial charge < -0.3 is 10.8 Å². The van der Waals surface area contributed by atoms with Crippen LogP contribution in [0.3, 0.4) is 0 Å². The summed E-state index contributed by atoms with van der Waals surface area (Å²) in [5, 5.41) is 8.14. The Balaban J connectivity index is 0. The molecule has 0 atom stereocenters. The molecule has 0 aromatic heterocycles. The summed E-state index contributed by atoms with van der Waals surface area (Å²) in [4.78, 5) is 0. The molecule has 0 saturated heterocycles. The monoisotopic (exact) mass is 113 g/mol. The number of unbranched alkanes of at least 4 members (excludes halogenated alkanes) is 1. The third-order valence-electron chi connectivity index (χ3n) is 0.612. The third-order valence-corrected chi connectivity index (χ3v) is 0.612. The SMILES string of the molecule is NCCCCO.[NaH]. The first-order chi connectivity index (χ1) is 2.91. The van der Waals surface area contributed by atoms with Crippen LogP contribution in [0.15, 0.2) is 0 Å². The first kappa shape index (κ1) is 10.8. The Bertz CT molecular complexity index is 23.7. The molecule has 3 N–H and O–H groups in total. The average Bonchev–Trinajstić information content (AvgIpc) is 1.61. The summed E-state index contributed by atoms with van der Waals surface area (Å²) in [6.07, 6.45) is 1.78. The molecule has 0 rings (SSSR count). The van der Waals surface area contributed by atoms with Crippen LogP contribution in [0.4, 0.5) is 0 Å². The maximum atomic E-state index is 8.14. The zero-order valence-corrected chi connectivity index (χ0v) is 3.85. The van der Waals surface area contributed by atoms with Gasteiger partial charge in [-0.3, -0.25) is 0 Å². The van der Waals surface area contributed by atoms with Gasteiger partial charge in [0.1, 0.15) is 0 Å². The Morgan fingerprint density at radius 1 is 1.29 bits per heavy atom. The van der Waals surface area contributed by atoms with Gasteiger partial charge in [0.2, 0.25) is 0 Å². The molecule has 0 aliphatic carbocycles. The van der Waals surface area contributed by atoms with Crippen LogP contribution >= 0.6 is 0 Å². The van der Waals surface area contributed by atoms with Gasteiger partial charge in [-0.25, -0.2) is 0 Å². The predicted molar refractivity (Wildman–Crippen MR) is 32.5 cm³/mol. The second-order valence-electron chi connectivity index (χ2n) is 1.22. The van der Waals surface area contributed by atoms with Crippen LogP contribution in [-0.4, -0.2) is 47.8 Å². The number of hydrogen-bond acceptors (Lipinski definition) is 2. The summed E-state index contributed by atoms with van der Waals surface area (Å²) in [5.74, 6) is 0. The van der Waals surface area contributed by atoms with E-state index in [0.717, 1.165) is 12.8 Å². The summed E-state index contributed by atoms with van der Waals surface area (Å²) in [6.45, 7) is 0.970. The summed E-state index contributed by atoms with van der Waals surface area (Å²) in [5.41, 5.74) is 5.10. The number of aliphatic hydroxyl groups is 1. The van der Waals surface area contributed by atoms with Crippen LogP contribution in [-0.2, 0) is 0 Å². The van der Waals surface area contributed by atoms with Crippen LogP contribution in [0.1, 0.15) is 12.8 Å². The van der Waals surface area contributed by atoms with Crippen molar-refractivity contribution in [3.63, 3.8) is 0 Å². The zero-order chi connectivity index (χ0) is 4.83. The van der Waals surface area contributed by atoms with E-state index in [2.05, 4.69) is 0 Å². The third kappa shape index (κ3) is 10.9. The van der Waals surface area contributed by atoms with Crippen molar-refractivity contribution in [3.05, 3.63) is 0 Å². The Kier molecular flexibility index (Phi) is 15.5. The number of rotatable bonds is 3. The number of nitrogens with two attached hydrogens (primary N) is 1. The molecular weight excluding hydrogens is 101 g/mol. The van der Waals surface area contributed by atoms with E-state index in [9.17, 15) is 0 Å². The second-order valence-corrected chi connectivity index (χ2v) is 1.22. The van der Waals surface area contributed by atoms with E-state index in [1.54, 1.807) is 0 Å². The molecule has 0 saturated carbocycles. The van der Waals surface area contributed by atoms with Gasteiger partial charge in [-0.1, -0.05) is 0 Å². The van der Waals surface area contributed by atoms with E-state index in [4.69, 9.17) is 10.8 Å². The minimum absolute atomic E-state index is 0. The van der Waals surface area contributed by atoms with Crippen molar-refractivity contribution >= 4 is 29.6 Å². The van der Waals surface area contributed by atoms with Crippen LogP contribution in [0.2, 0.25) is 0 Å². The van der Waals surface area contributed by atoms with Crippen molar-refractivity contribution < 1.29 is 5.11 Å². The Morgan fingerprint density at radius 3 is 2.00 bits per heavy atom. The van der Waals surface area contributed by atoms with Crippen LogP contribution < -0.4 is 5.73 Å². The molecule has 40 valence electrons. The minimum atomic E-state index is 0. The van der Waals surface area contributed by atoms with Crippen molar-refractivity contribution in [2.75, 3.05) is 13.2 Å². The van der Waals surface area contributed by atoms with E-state index in [-0.39, 0.29) is 36.2 Å². The molecular formula is C4H12NNaO. The summed E-state index contributed by atoms with van der Waals surface area (Å²) >= 11 is 0. The van der Waals surface area contributed by atoms with Crippen molar-refractivity contribution in [2.45, 2.75) is 12.8 Å². The molecule has 7 heavy (non-hydrogen) atoms. The first-order valence-corrected chi connectivity index (χ1v) is 2.22. The van der Waals surface area contributed by atoms with Gasteiger partial charge in [0.05, 0.1) is 0 Å². The Morgan fingerprint density at radius 2 is 1.86 bits per heavy atom. The van der Waals surface area contributed by atoms with Gasteiger partial charge in [-0.15, -0.1) is 0 Å². The maximum absolute atomic E-state index is 8.14. The Labute approximate surface area is 66.4 Å². The molecule has 0 aliphatic heterocycles. The van der Waals surface area contributed by atoms with Crippen molar-refractivity contribution in [2.24, 2.45) is 5.73 Å². The van der Waals surface area contributed by atoms with Crippen molar-refractivity contribution in [3.8, 4) is 0 Å². The fourth-order valence-corrected chi connectivity index (χ4v) is 0.256. The number of aliphatic hydroxyl groups excluding tert-OH is 1. The molecule has 0 amide bonds. The van der Waals surface area contributed by atoms with Crippen LogP contribution in [0.25, 0.3) is 0 Å². The summed E-state index contributed by atoms with van der Waals surface area (Å²) < 4.78 is 0. The van der Waals surface area contributed by atoms with Gasteiger partial charge in [-0.05, 0) is 19.4 Å². The molecule has 2 nitrogen and oxygen atoms in total. The summed E-state index contributed by atoms with van der Waals surface area (Å²) in [6, 6.07) is 0. The van der Waals surface area contributed by atoms with Crippen molar-refractivity contribution in [1.29, 1.82) is 0 Å². The van der Waals surface area contributed by atoms with Crippen molar-refractivity contribution in [1.82, 2.24) is 0 Å². The fourth-order valence-electron chi connectivity index (χ4n) is 0.256. The normalized spacial score (nSPS) is 7.71. The van der Waals surface area contributed by atoms with E-state index >= 15 is 0 Å². The van der Waals surface area contributed by atoms with E-state index in [0.29, 0.717) is 6.54 Å². The molecule has 3 heteroatoms. The van der Waals surface area contributed by atoms with Gasteiger partial charge in [0, 0.05) is 6.61 Å². The predicted octanol–water partition coefficient (Wildman–Crippen LogP) is -0.931. The van der Waals surface area contributed by atoms with Gasteiger partial charge in [0.15, 0.2) is 0 Å². The molecule has 0 bridgehead atoms. The second kappa shape index (κ2) is 10.0. The molecule has 0 aromatic rings. The average molecular weight is 113 g/mol. The molecule has 0 aromatic carbocycles. The molecule has 0 heterocycles. The van der Waals surface area contributed by atoms with E-state index in [1.165, 1.54) is 0 Å². The van der Waals surface area contributed by atoms with Gasteiger partial charge in [-0.2, -0.15) is 0 Å².